The second-order valence-electron chi connectivity index (χ2n) is 15.1. The quantitative estimate of drug-likeness (QED) is 0.212. The molecule has 11 nitrogen and oxygen atoms in total. The van der Waals surface area contributed by atoms with E-state index in [2.05, 4.69) is 24.6 Å². The fourth-order valence-electron chi connectivity index (χ4n) is 8.51. The van der Waals surface area contributed by atoms with Crippen LogP contribution >= 0.6 is 0 Å². The number of fused-ring (bicyclic) bond motifs is 4. The van der Waals surface area contributed by atoms with E-state index in [0.29, 0.717) is 23.3 Å². The van der Waals surface area contributed by atoms with Crippen molar-refractivity contribution in [3.05, 3.63) is 83.3 Å². The zero-order valence-corrected chi connectivity index (χ0v) is 30.8. The van der Waals surface area contributed by atoms with Gasteiger partial charge >= 0.3 is 0 Å². The summed E-state index contributed by atoms with van der Waals surface area (Å²) in [5, 5.41) is 0. The average Bonchev–Trinajstić information content (AvgIpc) is 3.87. The second-order valence-corrected chi connectivity index (χ2v) is 16.7. The molecule has 1 amide bonds. The van der Waals surface area contributed by atoms with Crippen LogP contribution in [0.1, 0.15) is 91.4 Å². The van der Waals surface area contributed by atoms with E-state index in [1.807, 2.05) is 43.1 Å². The number of aryl methyl sites for hydroxylation is 2. The van der Waals surface area contributed by atoms with Crippen LogP contribution < -0.4 is 14.4 Å². The van der Waals surface area contributed by atoms with Crippen LogP contribution in [0.4, 0.5) is 11.8 Å². The molecule has 52 heavy (non-hydrogen) atoms. The van der Waals surface area contributed by atoms with Crippen LogP contribution in [0, 0.1) is 25.7 Å². The van der Waals surface area contributed by atoms with E-state index in [1.54, 1.807) is 24.4 Å². The molecule has 0 unspecified atom stereocenters. The van der Waals surface area contributed by atoms with Crippen LogP contribution in [0.2, 0.25) is 0 Å². The molecule has 4 bridgehead atoms. The number of ether oxygens (including phenoxy) is 1. The summed E-state index contributed by atoms with van der Waals surface area (Å²) >= 11 is 0. The largest absolute Gasteiger partial charge is 0.475 e. The Morgan fingerprint density at radius 3 is 2.46 bits per heavy atom. The van der Waals surface area contributed by atoms with Gasteiger partial charge in [-0.3, -0.25) is 9.78 Å². The van der Waals surface area contributed by atoms with Gasteiger partial charge in [0, 0.05) is 29.8 Å². The number of hydrogen-bond donors (Lipinski definition) is 1. The summed E-state index contributed by atoms with van der Waals surface area (Å²) in [5.74, 6) is 1.87. The van der Waals surface area contributed by atoms with Gasteiger partial charge in [0.15, 0.2) is 0 Å². The number of nitrogens with zero attached hydrogens (tertiary/aromatic N) is 6. The van der Waals surface area contributed by atoms with Gasteiger partial charge in [0.1, 0.15) is 12.4 Å². The highest BCUT2D eigenvalue weighted by atomic mass is 32.2. The van der Waals surface area contributed by atoms with E-state index in [4.69, 9.17) is 9.72 Å². The summed E-state index contributed by atoms with van der Waals surface area (Å²) in [4.78, 5) is 37.9. The second kappa shape index (κ2) is 14.4. The first kappa shape index (κ1) is 34.5. The topological polar surface area (TPSA) is 131 Å². The fourth-order valence-corrected chi connectivity index (χ4v) is 9.49. The SMILES string of the molecule is Cc1cccc(C)c1-c1cc2nc(n1)NS(=O)(=O)c1cccc(c1)C(=O)N(Cc1cncc(N3CCC[C@H]3C3CC3)n1)[C@H](CC1CCCCC1)CO2. The van der Waals surface area contributed by atoms with Crippen molar-refractivity contribution in [2.45, 2.75) is 102 Å². The van der Waals surface area contributed by atoms with E-state index >= 15 is 0 Å². The molecule has 0 radical (unpaired) electrons. The Hall–Kier alpha value is -4.58. The highest BCUT2D eigenvalue weighted by Crippen LogP contribution is 2.41. The highest BCUT2D eigenvalue weighted by molar-refractivity contribution is 7.92. The van der Waals surface area contributed by atoms with Crippen molar-refractivity contribution in [2.75, 3.05) is 22.8 Å². The monoisotopic (exact) mass is 721 g/mol. The molecule has 12 heteroatoms. The average molecular weight is 722 g/mol. The summed E-state index contributed by atoms with van der Waals surface area (Å²) in [5.41, 5.74) is 4.40. The minimum atomic E-state index is -4.17. The highest BCUT2D eigenvalue weighted by Gasteiger charge is 2.39. The molecular formula is C40H47N7O4S. The maximum atomic E-state index is 14.7. The summed E-state index contributed by atoms with van der Waals surface area (Å²) in [6, 6.07) is 14.1. The summed E-state index contributed by atoms with van der Waals surface area (Å²) < 4.78 is 36.7. The Balaban J connectivity index is 1.21. The molecule has 2 aromatic carbocycles. The lowest BCUT2D eigenvalue weighted by molar-refractivity contribution is 0.0527. The minimum Gasteiger partial charge on any atom is -0.475 e. The molecule has 272 valence electrons. The molecule has 2 saturated carbocycles. The zero-order valence-electron chi connectivity index (χ0n) is 30.0. The Bertz CT molecular complexity index is 2040. The number of rotatable bonds is 7. The van der Waals surface area contributed by atoms with Crippen LogP contribution in [-0.2, 0) is 16.6 Å². The Labute approximate surface area is 306 Å². The molecule has 4 aliphatic rings. The van der Waals surface area contributed by atoms with E-state index in [9.17, 15) is 13.2 Å². The number of amides is 1. The van der Waals surface area contributed by atoms with E-state index in [0.717, 1.165) is 73.5 Å². The molecule has 4 heterocycles. The van der Waals surface area contributed by atoms with Gasteiger partial charge in [-0.15, -0.1) is 0 Å². The third kappa shape index (κ3) is 7.35. The fraction of sp³-hybridized carbons (Fsp3) is 0.475. The molecule has 0 spiro atoms. The van der Waals surface area contributed by atoms with Gasteiger partial charge in [0.25, 0.3) is 15.9 Å². The molecule has 3 fully saturated rings. The van der Waals surface area contributed by atoms with Gasteiger partial charge in [-0.1, -0.05) is 56.4 Å². The first-order valence-electron chi connectivity index (χ1n) is 18.8. The number of nitrogens with one attached hydrogen (secondary N) is 1. The van der Waals surface area contributed by atoms with Crippen LogP contribution in [0.15, 0.2) is 65.8 Å². The number of sulfonamides is 1. The Kier molecular flexibility index (Phi) is 9.58. The first-order chi connectivity index (χ1) is 25.2. The predicted octanol–water partition coefficient (Wildman–Crippen LogP) is 7.10. The standard InChI is InChI=1S/C40H47N7O4S/c1-26-9-6-10-27(2)38(26)34-21-37-44-40(43-34)45-52(49,50)33-14-7-13-30(20-33)39(48)47(32(25-51-37)19-28-11-4-3-5-12-28)24-31-22-41-23-36(42-31)46-18-8-15-35(46)29-16-17-29/h6-7,9-10,13-14,20-23,28-29,32,35H,3-5,8,11-12,15-19,24-25H2,1-2H3,(H,43,44,45)/t32-,35+/m1/s1. The summed E-state index contributed by atoms with van der Waals surface area (Å²) in [7, 11) is -4.17. The molecule has 4 aromatic rings. The minimum absolute atomic E-state index is 0.0492. The van der Waals surface area contributed by atoms with Gasteiger partial charge in [-0.25, -0.2) is 23.1 Å². The molecular weight excluding hydrogens is 675 g/mol. The van der Waals surface area contributed by atoms with E-state index in [-0.39, 0.29) is 47.4 Å². The number of aromatic nitrogens is 4. The van der Waals surface area contributed by atoms with Gasteiger partial charge in [0.2, 0.25) is 11.8 Å². The molecule has 2 aliphatic carbocycles. The van der Waals surface area contributed by atoms with Gasteiger partial charge < -0.3 is 14.5 Å². The predicted molar refractivity (Wildman–Crippen MR) is 200 cm³/mol. The van der Waals surface area contributed by atoms with Crippen LogP contribution in [0.3, 0.4) is 0 Å². The maximum Gasteiger partial charge on any atom is 0.264 e. The summed E-state index contributed by atoms with van der Waals surface area (Å²) in [6.45, 7) is 5.33. The third-order valence-corrected chi connectivity index (χ3v) is 12.6. The molecule has 1 saturated heterocycles. The zero-order chi connectivity index (χ0) is 35.8. The lowest BCUT2D eigenvalue weighted by Crippen LogP contribution is -2.45. The maximum absolute atomic E-state index is 14.7. The van der Waals surface area contributed by atoms with Crippen molar-refractivity contribution < 1.29 is 17.9 Å². The number of carbonyl (C=O) groups is 1. The number of hydrogen-bond acceptors (Lipinski definition) is 9. The van der Waals surface area contributed by atoms with Crippen molar-refractivity contribution in [1.29, 1.82) is 0 Å². The smallest absolute Gasteiger partial charge is 0.264 e. The van der Waals surface area contributed by atoms with Gasteiger partial charge in [-0.05, 0) is 87.1 Å². The van der Waals surface area contributed by atoms with Crippen molar-refractivity contribution in [3.63, 3.8) is 0 Å². The van der Waals surface area contributed by atoms with E-state index in [1.165, 1.54) is 37.8 Å². The Morgan fingerprint density at radius 1 is 0.885 bits per heavy atom. The number of benzene rings is 2. The molecule has 2 aliphatic heterocycles. The molecule has 2 aromatic heterocycles. The lowest BCUT2D eigenvalue weighted by atomic mass is 9.84. The number of anilines is 2. The van der Waals surface area contributed by atoms with Crippen molar-refractivity contribution in [1.82, 2.24) is 24.8 Å². The number of carbonyl (C=O) groups excluding carboxylic acids is 1. The van der Waals surface area contributed by atoms with Crippen molar-refractivity contribution in [3.8, 4) is 17.1 Å². The first-order valence-corrected chi connectivity index (χ1v) is 20.3. The Morgan fingerprint density at radius 2 is 1.67 bits per heavy atom. The molecule has 8 rings (SSSR count). The van der Waals surface area contributed by atoms with Crippen molar-refractivity contribution >= 4 is 27.7 Å². The lowest BCUT2D eigenvalue weighted by Gasteiger charge is -2.35. The van der Waals surface area contributed by atoms with Gasteiger partial charge in [-0.2, -0.15) is 4.98 Å². The molecule has 1 N–H and O–H groups in total. The van der Waals surface area contributed by atoms with Gasteiger partial charge in [0.05, 0.1) is 41.3 Å². The van der Waals surface area contributed by atoms with Crippen molar-refractivity contribution in [2.24, 2.45) is 11.8 Å². The molecule has 2 atom stereocenters. The summed E-state index contributed by atoms with van der Waals surface area (Å²) in [6.07, 6.45) is 14.9. The van der Waals surface area contributed by atoms with E-state index < -0.39 is 10.0 Å². The van der Waals surface area contributed by atoms with Crippen LogP contribution in [0.5, 0.6) is 5.88 Å². The normalized spacial score (nSPS) is 22.2. The third-order valence-electron chi connectivity index (χ3n) is 11.3. The van der Waals surface area contributed by atoms with Crippen LogP contribution in [0.25, 0.3) is 11.3 Å². The van der Waals surface area contributed by atoms with Crippen LogP contribution in [-0.4, -0.2) is 64.4 Å².